The van der Waals surface area contributed by atoms with E-state index < -0.39 is 5.82 Å². The lowest BCUT2D eigenvalue weighted by Gasteiger charge is -2.10. The van der Waals surface area contributed by atoms with Gasteiger partial charge in [0.05, 0.1) is 0 Å². The highest BCUT2D eigenvalue weighted by molar-refractivity contribution is 9.10. The molecular formula is C14H12BrFN2O. The number of aryl methyl sites for hydroxylation is 1. The molecule has 0 aliphatic carbocycles. The van der Waals surface area contributed by atoms with Crippen LogP contribution in [0.4, 0.5) is 4.39 Å². The Labute approximate surface area is 118 Å². The number of nitrogen functional groups attached to an aromatic ring is 1. The van der Waals surface area contributed by atoms with Gasteiger partial charge in [-0.15, -0.1) is 0 Å². The van der Waals surface area contributed by atoms with E-state index in [0.717, 1.165) is 10.0 Å². The summed E-state index contributed by atoms with van der Waals surface area (Å²) in [7, 11) is 0. The quantitative estimate of drug-likeness (QED) is 0.663. The van der Waals surface area contributed by atoms with Crippen LogP contribution in [-0.2, 0) is 0 Å². The Morgan fingerprint density at radius 3 is 2.47 bits per heavy atom. The predicted octanol–water partition coefficient (Wildman–Crippen LogP) is 3.97. The van der Waals surface area contributed by atoms with Crippen LogP contribution in [0.25, 0.3) is 0 Å². The van der Waals surface area contributed by atoms with Crippen molar-refractivity contribution < 1.29 is 9.13 Å². The second-order valence-corrected chi connectivity index (χ2v) is 4.99. The number of rotatable bonds is 3. The summed E-state index contributed by atoms with van der Waals surface area (Å²) in [5.74, 6) is -0.0339. The van der Waals surface area contributed by atoms with Crippen molar-refractivity contribution in [3.8, 4) is 11.5 Å². The molecule has 0 fully saturated rings. The van der Waals surface area contributed by atoms with Gasteiger partial charge >= 0.3 is 0 Å². The van der Waals surface area contributed by atoms with E-state index in [-0.39, 0.29) is 11.6 Å². The number of ether oxygens (including phenoxy) is 1. The first-order valence-electron chi connectivity index (χ1n) is 5.55. The Hall–Kier alpha value is -1.88. The third-order valence-corrected chi connectivity index (χ3v) is 3.09. The van der Waals surface area contributed by atoms with Crippen LogP contribution >= 0.6 is 15.9 Å². The molecule has 0 saturated carbocycles. The van der Waals surface area contributed by atoms with E-state index in [1.165, 1.54) is 12.1 Å². The summed E-state index contributed by atoms with van der Waals surface area (Å²) in [5, 5.41) is 7.25. The molecule has 0 spiro atoms. The van der Waals surface area contributed by atoms with E-state index in [0.29, 0.717) is 11.3 Å². The van der Waals surface area contributed by atoms with Crippen LogP contribution in [0.2, 0.25) is 0 Å². The third kappa shape index (κ3) is 3.12. The van der Waals surface area contributed by atoms with Gasteiger partial charge < -0.3 is 10.5 Å². The molecule has 3 N–H and O–H groups in total. The Balaban J connectivity index is 2.31. The van der Waals surface area contributed by atoms with Crippen LogP contribution in [0.1, 0.15) is 11.1 Å². The molecule has 98 valence electrons. The minimum atomic E-state index is -0.546. The number of hydrogen-bond acceptors (Lipinski definition) is 2. The van der Waals surface area contributed by atoms with Crippen LogP contribution in [0.15, 0.2) is 40.9 Å². The second-order valence-electron chi connectivity index (χ2n) is 4.07. The minimum Gasteiger partial charge on any atom is -0.454 e. The summed E-state index contributed by atoms with van der Waals surface area (Å²) in [5.41, 5.74) is 6.52. The molecule has 0 saturated heterocycles. The van der Waals surface area contributed by atoms with Gasteiger partial charge in [0.1, 0.15) is 11.6 Å². The number of nitrogens with two attached hydrogens (primary N) is 1. The Morgan fingerprint density at radius 1 is 1.21 bits per heavy atom. The topological polar surface area (TPSA) is 59.1 Å². The number of benzene rings is 2. The summed E-state index contributed by atoms with van der Waals surface area (Å²) in [6, 6.07) is 9.67. The maximum absolute atomic E-state index is 13.8. The molecule has 0 aliphatic heterocycles. The lowest BCUT2D eigenvalue weighted by Crippen LogP contribution is -2.11. The summed E-state index contributed by atoms with van der Waals surface area (Å²) < 4.78 is 20.3. The molecule has 0 amide bonds. The van der Waals surface area contributed by atoms with Gasteiger partial charge in [-0.3, -0.25) is 5.41 Å². The van der Waals surface area contributed by atoms with Crippen molar-refractivity contribution in [1.29, 1.82) is 5.41 Å². The van der Waals surface area contributed by atoms with Crippen molar-refractivity contribution >= 4 is 21.8 Å². The monoisotopic (exact) mass is 322 g/mol. The van der Waals surface area contributed by atoms with E-state index in [4.69, 9.17) is 15.9 Å². The largest absolute Gasteiger partial charge is 0.454 e. The summed E-state index contributed by atoms with van der Waals surface area (Å²) in [6.45, 7) is 1.88. The zero-order valence-electron chi connectivity index (χ0n) is 10.2. The van der Waals surface area contributed by atoms with Gasteiger partial charge in [-0.1, -0.05) is 15.9 Å². The van der Waals surface area contributed by atoms with Crippen molar-refractivity contribution in [1.82, 2.24) is 0 Å². The highest BCUT2D eigenvalue weighted by atomic mass is 79.9. The molecule has 0 bridgehead atoms. The third-order valence-electron chi connectivity index (χ3n) is 2.60. The van der Waals surface area contributed by atoms with E-state index in [1.54, 1.807) is 12.1 Å². The molecule has 0 heterocycles. The molecule has 0 aromatic heterocycles. The molecule has 0 atom stereocenters. The molecule has 3 nitrogen and oxygen atoms in total. The van der Waals surface area contributed by atoms with Gasteiger partial charge in [-0.25, -0.2) is 4.39 Å². The van der Waals surface area contributed by atoms with E-state index in [1.807, 2.05) is 19.1 Å². The Bertz CT molecular complexity index is 643. The summed E-state index contributed by atoms with van der Waals surface area (Å²) in [4.78, 5) is 0. The molecule has 0 unspecified atom stereocenters. The van der Waals surface area contributed by atoms with Crippen molar-refractivity contribution in [3.05, 3.63) is 57.8 Å². The molecule has 2 aromatic carbocycles. The van der Waals surface area contributed by atoms with Crippen LogP contribution in [-0.4, -0.2) is 5.84 Å². The van der Waals surface area contributed by atoms with Crippen molar-refractivity contribution in [2.75, 3.05) is 0 Å². The van der Waals surface area contributed by atoms with E-state index in [2.05, 4.69) is 15.9 Å². The molecule has 0 radical (unpaired) electrons. The van der Waals surface area contributed by atoms with Crippen LogP contribution < -0.4 is 10.5 Å². The average Bonchev–Trinajstić information content (AvgIpc) is 2.34. The molecule has 19 heavy (non-hydrogen) atoms. The first-order chi connectivity index (χ1) is 8.97. The summed E-state index contributed by atoms with van der Waals surface area (Å²) >= 11 is 3.35. The fraction of sp³-hybridized carbons (Fsp3) is 0.0714. The van der Waals surface area contributed by atoms with Gasteiger partial charge in [-0.05, 0) is 48.9 Å². The average molecular weight is 323 g/mol. The van der Waals surface area contributed by atoms with Crippen LogP contribution in [0, 0.1) is 18.2 Å². The lowest BCUT2D eigenvalue weighted by molar-refractivity contribution is 0.439. The highest BCUT2D eigenvalue weighted by Crippen LogP contribution is 2.29. The highest BCUT2D eigenvalue weighted by Gasteiger charge is 2.09. The molecule has 2 rings (SSSR count). The smallest absolute Gasteiger partial charge is 0.166 e. The number of hydrogen-bond donors (Lipinski definition) is 2. The van der Waals surface area contributed by atoms with Crippen LogP contribution in [0.5, 0.6) is 11.5 Å². The van der Waals surface area contributed by atoms with Gasteiger partial charge in [-0.2, -0.15) is 0 Å². The van der Waals surface area contributed by atoms with Crippen molar-refractivity contribution in [2.45, 2.75) is 6.92 Å². The molecule has 2 aromatic rings. The molecule has 5 heteroatoms. The SMILES string of the molecule is Cc1cc(Br)ccc1Oc1ccc(C(=N)N)cc1F. The number of halogens is 2. The van der Waals surface area contributed by atoms with E-state index >= 15 is 0 Å². The van der Waals surface area contributed by atoms with Gasteiger partial charge in [0.2, 0.25) is 0 Å². The first kappa shape index (κ1) is 13.5. The normalized spacial score (nSPS) is 10.3. The fourth-order valence-corrected chi connectivity index (χ4v) is 2.07. The van der Waals surface area contributed by atoms with Crippen molar-refractivity contribution in [2.24, 2.45) is 5.73 Å². The first-order valence-corrected chi connectivity index (χ1v) is 6.34. The molecular weight excluding hydrogens is 311 g/mol. The number of nitrogens with one attached hydrogen (secondary N) is 1. The lowest BCUT2D eigenvalue weighted by atomic mass is 10.2. The van der Waals surface area contributed by atoms with E-state index in [9.17, 15) is 4.39 Å². The van der Waals surface area contributed by atoms with Crippen LogP contribution in [0.3, 0.4) is 0 Å². The standard InChI is InChI=1S/C14H12BrFN2O/c1-8-6-10(15)3-5-12(8)19-13-4-2-9(14(17)18)7-11(13)16/h2-7H,1H3,(H3,17,18). The Kier molecular flexibility index (Phi) is 3.85. The second kappa shape index (κ2) is 5.40. The zero-order valence-corrected chi connectivity index (χ0v) is 11.8. The van der Waals surface area contributed by atoms with Gasteiger partial charge in [0.15, 0.2) is 11.6 Å². The zero-order chi connectivity index (χ0) is 14.0. The maximum atomic E-state index is 13.8. The molecule has 0 aliphatic rings. The summed E-state index contributed by atoms with van der Waals surface area (Å²) in [6.07, 6.45) is 0. The fourth-order valence-electron chi connectivity index (χ4n) is 1.60. The van der Waals surface area contributed by atoms with Gasteiger partial charge in [0.25, 0.3) is 0 Å². The van der Waals surface area contributed by atoms with Gasteiger partial charge in [0, 0.05) is 10.0 Å². The minimum absolute atomic E-state index is 0.107. The maximum Gasteiger partial charge on any atom is 0.166 e. The van der Waals surface area contributed by atoms with Crippen molar-refractivity contribution in [3.63, 3.8) is 0 Å². The number of amidine groups is 1. The predicted molar refractivity (Wildman–Crippen MR) is 76.4 cm³/mol. The Morgan fingerprint density at radius 2 is 1.89 bits per heavy atom.